The SMILES string of the molecule is CCCOc1cc(NCC(C)N2CCCC2)ccc1N. The molecule has 1 fully saturated rings. The molecule has 0 aliphatic carbocycles. The fourth-order valence-corrected chi connectivity index (χ4v) is 2.56. The highest BCUT2D eigenvalue weighted by Gasteiger charge is 2.17. The Labute approximate surface area is 122 Å². The lowest BCUT2D eigenvalue weighted by Gasteiger charge is -2.24. The lowest BCUT2D eigenvalue weighted by atomic mass is 10.2. The second kappa shape index (κ2) is 7.39. The number of hydrogen-bond acceptors (Lipinski definition) is 4. The van der Waals surface area contributed by atoms with Crippen molar-refractivity contribution < 1.29 is 4.74 Å². The summed E-state index contributed by atoms with van der Waals surface area (Å²) in [5, 5.41) is 3.49. The third-order valence-electron chi connectivity index (χ3n) is 3.84. The summed E-state index contributed by atoms with van der Waals surface area (Å²) in [5.74, 6) is 0.783. The Morgan fingerprint density at radius 3 is 2.80 bits per heavy atom. The molecule has 1 unspecified atom stereocenters. The second-order valence-electron chi connectivity index (χ2n) is 5.57. The highest BCUT2D eigenvalue weighted by molar-refractivity contribution is 5.61. The van der Waals surface area contributed by atoms with Crippen LogP contribution in [0.2, 0.25) is 0 Å². The number of nitrogens with one attached hydrogen (secondary N) is 1. The first-order chi connectivity index (χ1) is 9.70. The molecule has 2 rings (SSSR count). The molecular formula is C16H27N3O. The smallest absolute Gasteiger partial charge is 0.144 e. The quantitative estimate of drug-likeness (QED) is 0.752. The van der Waals surface area contributed by atoms with Crippen LogP contribution in [0.1, 0.15) is 33.1 Å². The van der Waals surface area contributed by atoms with Gasteiger partial charge in [-0.1, -0.05) is 6.92 Å². The lowest BCUT2D eigenvalue weighted by Crippen LogP contribution is -2.35. The molecule has 4 heteroatoms. The molecule has 1 aliphatic heterocycles. The molecule has 1 heterocycles. The summed E-state index contributed by atoms with van der Waals surface area (Å²) >= 11 is 0. The molecule has 0 aromatic heterocycles. The van der Waals surface area contributed by atoms with Crippen LogP contribution in [-0.4, -0.2) is 37.2 Å². The molecule has 1 atom stereocenters. The number of nitrogens with two attached hydrogens (primary N) is 1. The molecule has 0 saturated carbocycles. The Morgan fingerprint density at radius 2 is 2.10 bits per heavy atom. The number of rotatable bonds is 7. The maximum atomic E-state index is 5.92. The van der Waals surface area contributed by atoms with E-state index in [1.807, 2.05) is 18.2 Å². The van der Waals surface area contributed by atoms with E-state index in [0.717, 1.165) is 24.4 Å². The molecule has 4 nitrogen and oxygen atoms in total. The first-order valence-corrected chi connectivity index (χ1v) is 7.71. The third-order valence-corrected chi connectivity index (χ3v) is 3.84. The van der Waals surface area contributed by atoms with Crippen molar-refractivity contribution >= 4 is 11.4 Å². The molecule has 1 saturated heterocycles. The molecule has 112 valence electrons. The molecule has 3 N–H and O–H groups in total. The van der Waals surface area contributed by atoms with E-state index in [2.05, 4.69) is 24.1 Å². The van der Waals surface area contributed by atoms with Crippen molar-refractivity contribution in [2.24, 2.45) is 0 Å². The van der Waals surface area contributed by atoms with Gasteiger partial charge in [-0.15, -0.1) is 0 Å². The summed E-state index contributed by atoms with van der Waals surface area (Å²) < 4.78 is 5.66. The average Bonchev–Trinajstić information content (AvgIpc) is 2.99. The number of likely N-dealkylation sites (tertiary alicyclic amines) is 1. The van der Waals surface area contributed by atoms with Gasteiger partial charge >= 0.3 is 0 Å². The van der Waals surface area contributed by atoms with Crippen molar-refractivity contribution in [2.45, 2.75) is 39.2 Å². The van der Waals surface area contributed by atoms with Crippen LogP contribution in [0, 0.1) is 0 Å². The minimum Gasteiger partial charge on any atom is -0.491 e. The largest absolute Gasteiger partial charge is 0.491 e. The van der Waals surface area contributed by atoms with E-state index < -0.39 is 0 Å². The van der Waals surface area contributed by atoms with Crippen molar-refractivity contribution in [3.63, 3.8) is 0 Å². The lowest BCUT2D eigenvalue weighted by molar-refractivity contribution is 0.269. The van der Waals surface area contributed by atoms with Crippen molar-refractivity contribution in [3.8, 4) is 5.75 Å². The fourth-order valence-electron chi connectivity index (χ4n) is 2.56. The second-order valence-corrected chi connectivity index (χ2v) is 5.57. The van der Waals surface area contributed by atoms with Crippen molar-refractivity contribution in [1.82, 2.24) is 4.90 Å². The van der Waals surface area contributed by atoms with Gasteiger partial charge in [-0.2, -0.15) is 0 Å². The predicted octanol–water partition coefficient (Wildman–Crippen LogP) is 2.95. The Morgan fingerprint density at radius 1 is 1.35 bits per heavy atom. The number of nitrogen functional groups attached to an aromatic ring is 1. The van der Waals surface area contributed by atoms with E-state index in [1.165, 1.54) is 25.9 Å². The van der Waals surface area contributed by atoms with Gasteiger partial charge in [0.2, 0.25) is 0 Å². The van der Waals surface area contributed by atoms with Crippen LogP contribution in [0.15, 0.2) is 18.2 Å². The molecule has 1 aromatic rings. The highest BCUT2D eigenvalue weighted by atomic mass is 16.5. The van der Waals surface area contributed by atoms with E-state index >= 15 is 0 Å². The summed E-state index contributed by atoms with van der Waals surface area (Å²) in [6.45, 7) is 8.50. The minimum absolute atomic E-state index is 0.565. The van der Waals surface area contributed by atoms with Gasteiger partial charge < -0.3 is 15.8 Å². The van der Waals surface area contributed by atoms with Crippen LogP contribution >= 0.6 is 0 Å². The zero-order valence-corrected chi connectivity index (χ0v) is 12.7. The maximum absolute atomic E-state index is 5.92. The molecule has 0 amide bonds. The zero-order valence-electron chi connectivity index (χ0n) is 12.7. The molecule has 0 radical (unpaired) electrons. The summed E-state index contributed by atoms with van der Waals surface area (Å²) in [5.41, 5.74) is 7.71. The minimum atomic E-state index is 0.565. The van der Waals surface area contributed by atoms with Crippen LogP contribution in [0.3, 0.4) is 0 Å². The van der Waals surface area contributed by atoms with Crippen molar-refractivity contribution in [3.05, 3.63) is 18.2 Å². The first-order valence-electron chi connectivity index (χ1n) is 7.71. The van der Waals surface area contributed by atoms with Crippen LogP contribution in [-0.2, 0) is 0 Å². The third kappa shape index (κ3) is 4.04. The van der Waals surface area contributed by atoms with Gasteiger partial charge in [0.15, 0.2) is 0 Å². The molecule has 1 aromatic carbocycles. The molecule has 20 heavy (non-hydrogen) atoms. The van der Waals surface area contributed by atoms with E-state index in [1.54, 1.807) is 0 Å². The van der Waals surface area contributed by atoms with E-state index in [-0.39, 0.29) is 0 Å². The van der Waals surface area contributed by atoms with Crippen molar-refractivity contribution in [2.75, 3.05) is 37.3 Å². The van der Waals surface area contributed by atoms with Crippen molar-refractivity contribution in [1.29, 1.82) is 0 Å². The van der Waals surface area contributed by atoms with Gasteiger partial charge in [0.1, 0.15) is 5.75 Å². The van der Waals surface area contributed by atoms with Gasteiger partial charge in [-0.05, 0) is 51.4 Å². The standard InChI is InChI=1S/C16H27N3O/c1-3-10-20-16-11-14(6-7-15(16)17)18-12-13(2)19-8-4-5-9-19/h6-7,11,13,18H,3-5,8-10,12,17H2,1-2H3. The predicted molar refractivity (Wildman–Crippen MR) is 85.4 cm³/mol. The zero-order chi connectivity index (χ0) is 14.4. The molecule has 0 spiro atoms. The number of ether oxygens (including phenoxy) is 1. The summed E-state index contributed by atoms with van der Waals surface area (Å²) in [6, 6.07) is 6.50. The Balaban J connectivity index is 1.88. The van der Waals surface area contributed by atoms with Gasteiger partial charge in [0.25, 0.3) is 0 Å². The van der Waals surface area contributed by atoms with Gasteiger partial charge in [-0.25, -0.2) is 0 Å². The van der Waals surface area contributed by atoms with Crippen LogP contribution in [0.5, 0.6) is 5.75 Å². The summed E-state index contributed by atoms with van der Waals surface area (Å²) in [6.07, 6.45) is 3.66. The maximum Gasteiger partial charge on any atom is 0.144 e. The van der Waals surface area contributed by atoms with E-state index in [0.29, 0.717) is 18.3 Å². The normalized spacial score (nSPS) is 17.1. The molecular weight excluding hydrogens is 250 g/mol. The van der Waals surface area contributed by atoms with E-state index in [4.69, 9.17) is 10.5 Å². The monoisotopic (exact) mass is 277 g/mol. The highest BCUT2D eigenvalue weighted by Crippen LogP contribution is 2.25. The van der Waals surface area contributed by atoms with Gasteiger partial charge in [-0.3, -0.25) is 4.90 Å². The number of hydrogen-bond donors (Lipinski definition) is 2. The van der Waals surface area contributed by atoms with Crippen LogP contribution in [0.4, 0.5) is 11.4 Å². The summed E-state index contributed by atoms with van der Waals surface area (Å²) in [7, 11) is 0. The number of benzene rings is 1. The topological polar surface area (TPSA) is 50.5 Å². The Kier molecular flexibility index (Phi) is 5.53. The van der Waals surface area contributed by atoms with Crippen LogP contribution in [0.25, 0.3) is 0 Å². The van der Waals surface area contributed by atoms with Gasteiger partial charge in [0.05, 0.1) is 12.3 Å². The Bertz CT molecular complexity index is 416. The summed E-state index contributed by atoms with van der Waals surface area (Å²) in [4.78, 5) is 2.54. The average molecular weight is 277 g/mol. The fraction of sp³-hybridized carbons (Fsp3) is 0.625. The number of anilines is 2. The van der Waals surface area contributed by atoms with Crippen LogP contribution < -0.4 is 15.8 Å². The molecule has 0 bridgehead atoms. The number of nitrogens with zero attached hydrogens (tertiary/aromatic N) is 1. The van der Waals surface area contributed by atoms with E-state index in [9.17, 15) is 0 Å². The Hall–Kier alpha value is -1.42. The first kappa shape index (κ1) is 15.0. The molecule has 1 aliphatic rings. The van der Waals surface area contributed by atoms with Gasteiger partial charge in [0, 0.05) is 24.3 Å².